The van der Waals surface area contributed by atoms with Crippen molar-refractivity contribution in [3.8, 4) is 0 Å². The standard InChI is InChI=1S/C19H18ClF3N6O.C2H4O/c1-24-17-12-10-28(15-8-25-26-18(30)16(15)20)7-6-14(12)29(27-17)9-11-4-2-3-5-13(11)19(21,22)23;1-2-3/h2-5,8H,6-7,9-10H2,1H3,(H,24,27)(H,26,30);2H,1H3. The van der Waals surface area contributed by atoms with Crippen LogP contribution in [0.2, 0.25) is 5.02 Å². The number of aromatic nitrogens is 4. The lowest BCUT2D eigenvalue weighted by molar-refractivity contribution is -0.138. The molecule has 12 heteroatoms. The third kappa shape index (κ3) is 5.19. The molecule has 0 unspecified atom stereocenters. The van der Waals surface area contributed by atoms with Crippen LogP contribution in [0.4, 0.5) is 24.7 Å². The second-order valence-electron chi connectivity index (χ2n) is 7.14. The lowest BCUT2D eigenvalue weighted by atomic mass is 10.0. The van der Waals surface area contributed by atoms with E-state index in [9.17, 15) is 18.0 Å². The number of fused-ring (bicyclic) bond motifs is 1. The number of aldehydes is 1. The minimum Gasteiger partial charge on any atom is -0.371 e. The molecular weight excluding hydrogens is 461 g/mol. The fraction of sp³-hybridized carbons (Fsp3) is 0.333. The third-order valence-corrected chi connectivity index (χ3v) is 5.50. The largest absolute Gasteiger partial charge is 0.416 e. The average Bonchev–Trinajstić information content (AvgIpc) is 3.12. The number of hydrogen-bond donors (Lipinski definition) is 2. The van der Waals surface area contributed by atoms with E-state index >= 15 is 0 Å². The van der Waals surface area contributed by atoms with Gasteiger partial charge in [-0.3, -0.25) is 9.48 Å². The van der Waals surface area contributed by atoms with Gasteiger partial charge < -0.3 is 15.0 Å². The molecule has 0 atom stereocenters. The molecule has 0 amide bonds. The molecule has 0 bridgehead atoms. The van der Waals surface area contributed by atoms with Crippen molar-refractivity contribution in [2.75, 3.05) is 23.8 Å². The van der Waals surface area contributed by atoms with Crippen LogP contribution in [0.25, 0.3) is 0 Å². The summed E-state index contributed by atoms with van der Waals surface area (Å²) in [5, 5.41) is 13.6. The minimum absolute atomic E-state index is 0.00696. The predicted octanol–water partition coefficient (Wildman–Crippen LogP) is 3.50. The molecule has 1 aliphatic rings. The van der Waals surface area contributed by atoms with Gasteiger partial charge in [0.15, 0.2) is 5.82 Å². The molecule has 1 aromatic carbocycles. The van der Waals surface area contributed by atoms with Gasteiger partial charge >= 0.3 is 6.18 Å². The van der Waals surface area contributed by atoms with Gasteiger partial charge in [0.2, 0.25) is 0 Å². The molecule has 0 aliphatic carbocycles. The molecule has 33 heavy (non-hydrogen) atoms. The number of benzene rings is 1. The van der Waals surface area contributed by atoms with Gasteiger partial charge in [-0.1, -0.05) is 29.8 Å². The van der Waals surface area contributed by atoms with Gasteiger partial charge in [-0.2, -0.15) is 23.4 Å². The highest BCUT2D eigenvalue weighted by molar-refractivity contribution is 6.33. The molecule has 0 saturated carbocycles. The fourth-order valence-corrected chi connectivity index (χ4v) is 3.93. The van der Waals surface area contributed by atoms with Gasteiger partial charge in [0, 0.05) is 37.8 Å². The lowest BCUT2D eigenvalue weighted by Crippen LogP contribution is -2.32. The Hall–Kier alpha value is -3.34. The van der Waals surface area contributed by atoms with Gasteiger partial charge in [-0.25, -0.2) is 5.10 Å². The van der Waals surface area contributed by atoms with Crippen molar-refractivity contribution in [2.24, 2.45) is 0 Å². The highest BCUT2D eigenvalue weighted by Crippen LogP contribution is 2.34. The Bertz CT molecular complexity index is 1190. The van der Waals surface area contributed by atoms with Crippen LogP contribution in [-0.2, 0) is 30.5 Å². The zero-order chi connectivity index (χ0) is 24.2. The van der Waals surface area contributed by atoms with Crippen molar-refractivity contribution in [3.63, 3.8) is 0 Å². The predicted molar refractivity (Wildman–Crippen MR) is 119 cm³/mol. The first-order valence-electron chi connectivity index (χ1n) is 10.0. The van der Waals surface area contributed by atoms with E-state index in [0.717, 1.165) is 23.6 Å². The number of H-pyrrole nitrogens is 1. The van der Waals surface area contributed by atoms with Crippen LogP contribution >= 0.6 is 11.6 Å². The van der Waals surface area contributed by atoms with E-state index in [-0.39, 0.29) is 17.1 Å². The number of halogens is 4. The quantitative estimate of drug-likeness (QED) is 0.553. The summed E-state index contributed by atoms with van der Waals surface area (Å²) in [4.78, 5) is 22.5. The maximum atomic E-state index is 13.4. The summed E-state index contributed by atoms with van der Waals surface area (Å²) in [6.45, 7) is 2.37. The van der Waals surface area contributed by atoms with Crippen LogP contribution in [0.3, 0.4) is 0 Å². The first-order chi connectivity index (χ1) is 15.7. The van der Waals surface area contributed by atoms with Crippen molar-refractivity contribution >= 4 is 29.4 Å². The van der Waals surface area contributed by atoms with Crippen LogP contribution in [0.1, 0.15) is 29.3 Å². The summed E-state index contributed by atoms with van der Waals surface area (Å²) in [5.41, 5.74) is 1.21. The van der Waals surface area contributed by atoms with E-state index in [1.165, 1.54) is 25.3 Å². The Morgan fingerprint density at radius 1 is 1.30 bits per heavy atom. The SMILES string of the molecule is CC=O.CNc1nn(Cc2ccccc2C(F)(F)F)c2c1CN(c1cn[nH]c(=O)c1Cl)CC2. The van der Waals surface area contributed by atoms with Crippen molar-refractivity contribution in [1.82, 2.24) is 20.0 Å². The molecule has 3 heterocycles. The van der Waals surface area contributed by atoms with E-state index in [1.807, 2.05) is 4.90 Å². The number of alkyl halides is 3. The first-order valence-corrected chi connectivity index (χ1v) is 10.4. The van der Waals surface area contributed by atoms with Crippen molar-refractivity contribution in [2.45, 2.75) is 32.6 Å². The summed E-state index contributed by atoms with van der Waals surface area (Å²) in [5.74, 6) is 0.577. The number of nitrogens with one attached hydrogen (secondary N) is 2. The molecule has 0 fully saturated rings. The number of carbonyl (C=O) groups is 1. The molecule has 1 aliphatic heterocycles. The summed E-state index contributed by atoms with van der Waals surface area (Å²) < 4.78 is 41.7. The summed E-state index contributed by atoms with van der Waals surface area (Å²) in [6.07, 6.45) is -1.67. The van der Waals surface area contributed by atoms with E-state index in [0.29, 0.717) is 31.0 Å². The number of hydrogen-bond acceptors (Lipinski definition) is 6. The number of aromatic amines is 1. The normalized spacial score (nSPS) is 13.1. The zero-order valence-electron chi connectivity index (χ0n) is 17.9. The van der Waals surface area contributed by atoms with Gasteiger partial charge in [-0.05, 0) is 18.6 Å². The van der Waals surface area contributed by atoms with Crippen molar-refractivity contribution < 1.29 is 18.0 Å². The number of carbonyl (C=O) groups excluding carboxylic acids is 1. The number of anilines is 2. The second-order valence-corrected chi connectivity index (χ2v) is 7.52. The topological polar surface area (TPSA) is 95.9 Å². The second kappa shape index (κ2) is 10.1. The molecular formula is C21H22ClF3N6O2. The molecule has 0 spiro atoms. The smallest absolute Gasteiger partial charge is 0.371 e. The highest BCUT2D eigenvalue weighted by Gasteiger charge is 2.34. The van der Waals surface area contributed by atoms with Crippen LogP contribution in [0, 0.1) is 0 Å². The van der Waals surface area contributed by atoms with Gasteiger partial charge in [0.1, 0.15) is 11.3 Å². The molecule has 0 radical (unpaired) electrons. The Labute approximate surface area is 192 Å². The van der Waals surface area contributed by atoms with Crippen LogP contribution in [0.5, 0.6) is 0 Å². The maximum Gasteiger partial charge on any atom is 0.416 e. The van der Waals surface area contributed by atoms with Gasteiger partial charge in [0.05, 0.1) is 24.0 Å². The average molecular weight is 483 g/mol. The van der Waals surface area contributed by atoms with Crippen molar-refractivity contribution in [1.29, 1.82) is 0 Å². The summed E-state index contributed by atoms with van der Waals surface area (Å²) >= 11 is 6.13. The molecule has 8 nitrogen and oxygen atoms in total. The van der Waals surface area contributed by atoms with E-state index in [1.54, 1.807) is 17.8 Å². The van der Waals surface area contributed by atoms with E-state index in [2.05, 4.69) is 20.6 Å². The molecule has 3 aromatic rings. The van der Waals surface area contributed by atoms with Crippen molar-refractivity contribution in [3.05, 3.63) is 68.2 Å². The number of rotatable bonds is 4. The molecule has 2 N–H and O–H groups in total. The Balaban J connectivity index is 0.000000968. The van der Waals surface area contributed by atoms with Gasteiger partial charge in [0.25, 0.3) is 5.56 Å². The first kappa shape index (κ1) is 24.3. The van der Waals surface area contributed by atoms with Crippen LogP contribution < -0.4 is 15.8 Å². The van der Waals surface area contributed by atoms with Crippen LogP contribution in [0.15, 0.2) is 35.3 Å². The zero-order valence-corrected chi connectivity index (χ0v) is 18.7. The Kier molecular flexibility index (Phi) is 7.42. The molecule has 2 aromatic heterocycles. The monoisotopic (exact) mass is 482 g/mol. The number of nitrogens with zero attached hydrogens (tertiary/aromatic N) is 4. The van der Waals surface area contributed by atoms with Gasteiger partial charge in [-0.15, -0.1) is 0 Å². The molecule has 4 rings (SSSR count). The summed E-state index contributed by atoms with van der Waals surface area (Å²) in [6, 6.07) is 5.50. The lowest BCUT2D eigenvalue weighted by Gasteiger charge is -2.29. The molecule has 176 valence electrons. The Morgan fingerprint density at radius 3 is 2.67 bits per heavy atom. The maximum absolute atomic E-state index is 13.4. The molecule has 0 saturated heterocycles. The minimum atomic E-state index is -4.43. The third-order valence-electron chi connectivity index (χ3n) is 5.13. The Morgan fingerprint density at radius 2 is 2.00 bits per heavy atom. The van der Waals surface area contributed by atoms with E-state index < -0.39 is 17.3 Å². The van der Waals surface area contributed by atoms with Crippen LogP contribution in [-0.4, -0.2) is 39.9 Å². The fourth-order valence-electron chi connectivity index (χ4n) is 3.72. The van der Waals surface area contributed by atoms with E-state index in [4.69, 9.17) is 16.4 Å². The highest BCUT2D eigenvalue weighted by atomic mass is 35.5. The summed E-state index contributed by atoms with van der Waals surface area (Å²) in [7, 11) is 1.71.